The lowest BCUT2D eigenvalue weighted by atomic mass is 9.78. The molecule has 1 N–H and O–H groups in total. The smallest absolute Gasteiger partial charge is 0.352 e. The molecule has 4 rings (SSSR count). The summed E-state index contributed by atoms with van der Waals surface area (Å²) in [4.78, 5) is 12.5. The van der Waals surface area contributed by atoms with Gasteiger partial charge in [0, 0.05) is 11.1 Å². The van der Waals surface area contributed by atoms with Crippen molar-refractivity contribution in [1.82, 2.24) is 0 Å². The zero-order chi connectivity index (χ0) is 25.7. The van der Waals surface area contributed by atoms with Crippen molar-refractivity contribution in [3.63, 3.8) is 0 Å². The zero-order valence-corrected chi connectivity index (χ0v) is 22.0. The van der Waals surface area contributed by atoms with E-state index in [2.05, 4.69) is 52.0 Å². The van der Waals surface area contributed by atoms with E-state index in [0.717, 1.165) is 28.0 Å². The Balaban J connectivity index is 1.89. The van der Waals surface area contributed by atoms with Gasteiger partial charge in [-0.1, -0.05) is 68.4 Å². The van der Waals surface area contributed by atoms with Gasteiger partial charge in [-0.2, -0.15) is 0 Å². The summed E-state index contributed by atoms with van der Waals surface area (Å²) in [7, 11) is 0. The van der Waals surface area contributed by atoms with Crippen LogP contribution in [0, 0.1) is 20.8 Å². The third kappa shape index (κ3) is 4.09. The van der Waals surface area contributed by atoms with Gasteiger partial charge < -0.3 is 14.6 Å². The molecule has 4 nitrogen and oxygen atoms in total. The van der Waals surface area contributed by atoms with Crippen molar-refractivity contribution in [2.45, 2.75) is 78.4 Å². The van der Waals surface area contributed by atoms with Gasteiger partial charge in [-0.25, -0.2) is 4.79 Å². The predicted octanol–water partition coefficient (Wildman–Crippen LogP) is 7.42. The Morgan fingerprint density at radius 2 is 1.57 bits per heavy atom. The van der Waals surface area contributed by atoms with Crippen LogP contribution in [0.1, 0.15) is 85.4 Å². The lowest BCUT2D eigenvalue weighted by Crippen LogP contribution is -2.39. The molecule has 35 heavy (non-hydrogen) atoms. The molecule has 2 unspecified atom stereocenters. The molecule has 0 radical (unpaired) electrons. The summed E-state index contributed by atoms with van der Waals surface area (Å²) >= 11 is 0. The lowest BCUT2D eigenvalue weighted by Gasteiger charge is -2.30. The van der Waals surface area contributed by atoms with Crippen LogP contribution in [-0.4, -0.2) is 16.7 Å². The van der Waals surface area contributed by atoms with Crippen LogP contribution in [0.5, 0.6) is 11.5 Å². The van der Waals surface area contributed by atoms with Crippen LogP contribution in [0.4, 0.5) is 0 Å². The molecule has 0 spiro atoms. The average molecular weight is 473 g/mol. The van der Waals surface area contributed by atoms with Gasteiger partial charge in [-0.15, -0.1) is 0 Å². The van der Waals surface area contributed by atoms with Gasteiger partial charge >= 0.3 is 5.97 Å². The van der Waals surface area contributed by atoms with Crippen molar-refractivity contribution in [2.75, 3.05) is 0 Å². The summed E-state index contributed by atoms with van der Waals surface area (Å²) in [6, 6.07) is 17.9. The molecular formula is C31H36O4. The van der Waals surface area contributed by atoms with E-state index < -0.39 is 17.2 Å². The van der Waals surface area contributed by atoms with Crippen LogP contribution in [-0.2, 0) is 10.4 Å². The van der Waals surface area contributed by atoms with Crippen molar-refractivity contribution in [3.8, 4) is 11.5 Å². The maximum Gasteiger partial charge on any atom is 0.352 e. The quantitative estimate of drug-likeness (QED) is 0.406. The van der Waals surface area contributed by atoms with E-state index >= 15 is 0 Å². The number of ether oxygens (including phenoxy) is 2. The van der Waals surface area contributed by atoms with E-state index in [1.165, 1.54) is 11.1 Å². The fraction of sp³-hybridized carbons (Fsp3) is 0.387. The van der Waals surface area contributed by atoms with Crippen molar-refractivity contribution < 1.29 is 19.4 Å². The van der Waals surface area contributed by atoms with Gasteiger partial charge in [-0.05, 0) is 75.3 Å². The highest BCUT2D eigenvalue weighted by atomic mass is 16.5. The van der Waals surface area contributed by atoms with Gasteiger partial charge in [0.2, 0.25) is 5.60 Å². The third-order valence-electron chi connectivity index (χ3n) is 7.56. The number of rotatable bonds is 6. The zero-order valence-electron chi connectivity index (χ0n) is 22.0. The second-order valence-electron chi connectivity index (χ2n) is 10.7. The normalized spacial score (nSPS) is 18.0. The van der Waals surface area contributed by atoms with E-state index in [1.807, 2.05) is 39.0 Å². The summed E-state index contributed by atoms with van der Waals surface area (Å²) in [5.74, 6) is 0.917. The first-order valence-electron chi connectivity index (χ1n) is 12.3. The molecule has 0 aromatic heterocycles. The number of hydrogen-bond donors (Lipinski definition) is 1. The Labute approximate surface area is 208 Å². The minimum atomic E-state index is -1.53. The van der Waals surface area contributed by atoms with Crippen LogP contribution in [0.25, 0.3) is 0 Å². The van der Waals surface area contributed by atoms with Crippen LogP contribution in [0.15, 0.2) is 54.6 Å². The Hall–Kier alpha value is -3.27. The molecule has 0 saturated heterocycles. The van der Waals surface area contributed by atoms with E-state index in [9.17, 15) is 9.90 Å². The van der Waals surface area contributed by atoms with Crippen LogP contribution in [0.2, 0.25) is 0 Å². The third-order valence-corrected chi connectivity index (χ3v) is 7.56. The number of hydrogen-bond acceptors (Lipinski definition) is 3. The summed E-state index contributed by atoms with van der Waals surface area (Å²) in [5.41, 5.74) is 4.97. The molecule has 3 aromatic rings. The van der Waals surface area contributed by atoms with E-state index in [1.54, 1.807) is 19.1 Å². The van der Waals surface area contributed by atoms with Gasteiger partial charge in [0.1, 0.15) is 17.1 Å². The number of benzene rings is 3. The number of carbonyl (C=O) groups is 1. The highest BCUT2D eigenvalue weighted by Crippen LogP contribution is 2.54. The predicted molar refractivity (Wildman–Crippen MR) is 140 cm³/mol. The summed E-state index contributed by atoms with van der Waals surface area (Å²) in [5, 5.41) is 10.2. The fourth-order valence-corrected chi connectivity index (χ4v) is 5.25. The largest absolute Gasteiger partial charge is 0.486 e. The average Bonchev–Trinajstić information content (AvgIpc) is 3.12. The molecular weight excluding hydrogens is 436 g/mol. The molecule has 1 aliphatic rings. The van der Waals surface area contributed by atoms with Gasteiger partial charge in [0.05, 0.1) is 5.92 Å². The molecule has 0 aliphatic carbocycles. The van der Waals surface area contributed by atoms with Crippen LogP contribution >= 0.6 is 0 Å². The minimum Gasteiger partial charge on any atom is -0.486 e. The molecule has 0 bridgehead atoms. The number of carboxylic acid groups (broad SMARTS) is 1. The Morgan fingerprint density at radius 3 is 2.11 bits per heavy atom. The molecule has 4 heteroatoms. The summed E-state index contributed by atoms with van der Waals surface area (Å²) < 4.78 is 13.0. The van der Waals surface area contributed by atoms with E-state index in [4.69, 9.17) is 9.47 Å². The van der Waals surface area contributed by atoms with Crippen molar-refractivity contribution in [3.05, 3.63) is 93.5 Å². The summed E-state index contributed by atoms with van der Waals surface area (Å²) in [6.45, 7) is 16.3. The maximum atomic E-state index is 12.5. The second kappa shape index (κ2) is 8.75. The van der Waals surface area contributed by atoms with E-state index in [0.29, 0.717) is 17.2 Å². The Kier molecular flexibility index (Phi) is 6.21. The number of aliphatic carboxylic acids is 1. The topological polar surface area (TPSA) is 55.8 Å². The molecule has 1 aliphatic heterocycles. The SMILES string of the molecule is Cc1c(C)c2c(c(C)c1OC(C)(C(=O)O)c1ccccc1)C(c1ccc(C(C)C)cc1)C(C)(C)O2. The van der Waals surface area contributed by atoms with Crippen molar-refractivity contribution >= 4 is 5.97 Å². The van der Waals surface area contributed by atoms with Gasteiger partial charge in [0.25, 0.3) is 0 Å². The Morgan fingerprint density at radius 1 is 0.971 bits per heavy atom. The first-order chi connectivity index (χ1) is 16.4. The molecule has 2 atom stereocenters. The Bertz CT molecular complexity index is 1260. The molecule has 0 amide bonds. The van der Waals surface area contributed by atoms with Gasteiger partial charge in [-0.3, -0.25) is 0 Å². The minimum absolute atomic E-state index is 0.00632. The molecule has 0 saturated carbocycles. The lowest BCUT2D eigenvalue weighted by molar-refractivity contribution is -0.154. The van der Waals surface area contributed by atoms with Crippen LogP contribution < -0.4 is 9.47 Å². The van der Waals surface area contributed by atoms with Crippen molar-refractivity contribution in [2.24, 2.45) is 0 Å². The standard InChI is InChI=1S/C31H36O4/c1-18(2)22-14-16-23(17-15-22)26-25-21(5)27(19(3)20(4)28(25)34-30(26,6)7)35-31(8,29(32)33)24-12-10-9-11-13-24/h9-18,26H,1-8H3,(H,32,33). The van der Waals surface area contributed by atoms with Gasteiger partial charge in [0.15, 0.2) is 0 Å². The monoisotopic (exact) mass is 472 g/mol. The first kappa shape index (κ1) is 24.8. The molecule has 0 fully saturated rings. The highest BCUT2D eigenvalue weighted by Gasteiger charge is 2.46. The fourth-order valence-electron chi connectivity index (χ4n) is 5.25. The number of carboxylic acids is 1. The summed E-state index contributed by atoms with van der Waals surface area (Å²) in [6.07, 6.45) is 0. The van der Waals surface area contributed by atoms with E-state index in [-0.39, 0.29) is 5.92 Å². The molecule has 184 valence electrons. The number of fused-ring (bicyclic) bond motifs is 1. The maximum absolute atomic E-state index is 12.5. The van der Waals surface area contributed by atoms with Crippen LogP contribution in [0.3, 0.4) is 0 Å². The second-order valence-corrected chi connectivity index (χ2v) is 10.7. The first-order valence-corrected chi connectivity index (χ1v) is 12.3. The molecule has 3 aromatic carbocycles. The highest BCUT2D eigenvalue weighted by molar-refractivity contribution is 5.80. The van der Waals surface area contributed by atoms with Crippen molar-refractivity contribution in [1.29, 1.82) is 0 Å². The molecule has 1 heterocycles.